The molecule has 0 bridgehead atoms. The van der Waals surface area contributed by atoms with E-state index in [4.69, 9.17) is 18.9 Å². The van der Waals surface area contributed by atoms with Crippen molar-refractivity contribution in [3.8, 4) is 34.1 Å². The van der Waals surface area contributed by atoms with Crippen molar-refractivity contribution < 1.29 is 38.1 Å². The molecule has 39 heavy (non-hydrogen) atoms. The molecular weight excluding hydrogens is 500 g/mol. The van der Waals surface area contributed by atoms with Crippen molar-refractivity contribution >= 4 is 34.6 Å². The highest BCUT2D eigenvalue weighted by atomic mass is 16.6. The van der Waals surface area contributed by atoms with Gasteiger partial charge in [-0.2, -0.15) is 0 Å². The normalized spacial score (nSPS) is 10.4. The summed E-state index contributed by atoms with van der Waals surface area (Å²) in [6, 6.07) is 13.4. The van der Waals surface area contributed by atoms with Gasteiger partial charge in [-0.1, -0.05) is 44.9 Å². The van der Waals surface area contributed by atoms with E-state index in [9.17, 15) is 19.2 Å². The second-order valence-corrected chi connectivity index (χ2v) is 8.86. The predicted molar refractivity (Wildman–Crippen MR) is 147 cm³/mol. The summed E-state index contributed by atoms with van der Waals surface area (Å²) in [5, 5.41) is 1.39. The van der Waals surface area contributed by atoms with Crippen molar-refractivity contribution in [2.75, 3.05) is 0 Å². The number of hydrogen-bond donors (Lipinski definition) is 0. The molecule has 200 valence electrons. The average molecular weight is 529 g/mol. The lowest BCUT2D eigenvalue weighted by Gasteiger charge is -2.14. The number of ether oxygens (including phenoxy) is 4. The molecule has 0 aliphatic carbocycles. The number of benzene rings is 3. The molecule has 0 unspecified atom stereocenters. The van der Waals surface area contributed by atoms with Crippen LogP contribution < -0.4 is 18.9 Å². The van der Waals surface area contributed by atoms with E-state index in [0.29, 0.717) is 21.9 Å². The second kappa shape index (κ2) is 12.0. The third kappa shape index (κ3) is 7.07. The van der Waals surface area contributed by atoms with Crippen LogP contribution in [-0.4, -0.2) is 23.9 Å². The molecular formula is C31H28O8. The molecule has 0 heterocycles. The molecule has 3 rings (SSSR count). The van der Waals surface area contributed by atoms with Gasteiger partial charge in [-0.25, -0.2) is 14.4 Å². The number of carbonyl (C=O) groups excluding carboxylic acids is 4. The molecule has 0 spiro atoms. The lowest BCUT2D eigenvalue weighted by atomic mass is 10.0. The molecule has 3 aromatic rings. The Labute approximate surface area is 226 Å². The molecule has 0 atom stereocenters. The smallest absolute Gasteiger partial charge is 0.338 e. The Kier molecular flexibility index (Phi) is 8.83. The third-order valence-corrected chi connectivity index (χ3v) is 5.35. The van der Waals surface area contributed by atoms with Gasteiger partial charge in [-0.15, -0.1) is 0 Å². The highest BCUT2D eigenvalue weighted by Gasteiger charge is 2.18. The first-order valence-corrected chi connectivity index (χ1v) is 12.0. The summed E-state index contributed by atoms with van der Waals surface area (Å²) in [7, 11) is 0. The lowest BCUT2D eigenvalue weighted by Crippen LogP contribution is -2.12. The summed E-state index contributed by atoms with van der Waals surface area (Å²) >= 11 is 0. The number of carbonyl (C=O) groups is 4. The van der Waals surface area contributed by atoms with E-state index in [1.165, 1.54) is 26.8 Å². The number of fused-ring (bicyclic) bond motifs is 1. The van der Waals surface area contributed by atoms with E-state index < -0.39 is 23.9 Å². The highest BCUT2D eigenvalue weighted by molar-refractivity contribution is 5.95. The molecule has 0 radical (unpaired) electrons. The van der Waals surface area contributed by atoms with E-state index in [1.807, 2.05) is 12.1 Å². The van der Waals surface area contributed by atoms with E-state index in [2.05, 4.69) is 19.7 Å². The maximum Gasteiger partial charge on any atom is 0.338 e. The van der Waals surface area contributed by atoms with Gasteiger partial charge in [-0.05, 0) is 73.0 Å². The van der Waals surface area contributed by atoms with Crippen LogP contribution in [0.1, 0.15) is 34.1 Å². The molecule has 0 fully saturated rings. The Bertz CT molecular complexity index is 1540. The Balaban J connectivity index is 2.09. The predicted octanol–water partition coefficient (Wildman–Crippen LogP) is 6.27. The monoisotopic (exact) mass is 528 g/mol. The molecule has 0 N–H and O–H groups in total. The Hall–Kier alpha value is -4.98. The van der Waals surface area contributed by atoms with Crippen LogP contribution in [-0.2, 0) is 19.2 Å². The highest BCUT2D eigenvalue weighted by Crippen LogP contribution is 2.38. The average Bonchev–Trinajstić information content (AvgIpc) is 2.89. The minimum absolute atomic E-state index is 0.0230. The van der Waals surface area contributed by atoms with E-state index >= 15 is 0 Å². The summed E-state index contributed by atoms with van der Waals surface area (Å²) in [5.74, 6) is -2.27. The maximum atomic E-state index is 12.2. The van der Waals surface area contributed by atoms with Gasteiger partial charge in [-0.3, -0.25) is 4.79 Å². The number of hydrogen-bond acceptors (Lipinski definition) is 8. The van der Waals surface area contributed by atoms with Gasteiger partial charge in [0, 0.05) is 23.1 Å². The maximum absolute atomic E-state index is 12.2. The minimum atomic E-state index is -0.683. The molecule has 0 aliphatic heterocycles. The minimum Gasteiger partial charge on any atom is -0.422 e. The van der Waals surface area contributed by atoms with Crippen molar-refractivity contribution in [3.63, 3.8) is 0 Å². The first-order valence-electron chi connectivity index (χ1n) is 12.0. The third-order valence-electron chi connectivity index (χ3n) is 5.35. The quantitative estimate of drug-likeness (QED) is 0.182. The van der Waals surface area contributed by atoms with Gasteiger partial charge < -0.3 is 18.9 Å². The molecule has 8 heteroatoms. The van der Waals surface area contributed by atoms with Crippen LogP contribution in [0.2, 0.25) is 0 Å². The molecule has 3 aromatic carbocycles. The fourth-order valence-electron chi connectivity index (χ4n) is 3.20. The zero-order valence-corrected chi connectivity index (χ0v) is 22.2. The van der Waals surface area contributed by atoms with Crippen molar-refractivity contribution in [3.05, 3.63) is 85.0 Å². The van der Waals surface area contributed by atoms with E-state index in [0.717, 1.165) is 0 Å². The van der Waals surface area contributed by atoms with Gasteiger partial charge in [0.15, 0.2) is 23.0 Å². The summed E-state index contributed by atoms with van der Waals surface area (Å²) in [5.41, 5.74) is 1.90. The fourth-order valence-corrected chi connectivity index (χ4v) is 3.20. The fraction of sp³-hybridized carbons (Fsp3) is 0.161. The molecule has 8 nitrogen and oxygen atoms in total. The van der Waals surface area contributed by atoms with Crippen LogP contribution in [0.5, 0.6) is 23.0 Å². The first kappa shape index (κ1) is 28.6. The van der Waals surface area contributed by atoms with Crippen molar-refractivity contribution in [2.24, 2.45) is 0 Å². The molecule has 0 amide bonds. The van der Waals surface area contributed by atoms with Crippen LogP contribution in [0.15, 0.2) is 85.0 Å². The molecule has 0 aliphatic rings. The number of rotatable bonds is 9. The van der Waals surface area contributed by atoms with Crippen LogP contribution >= 0.6 is 0 Å². The van der Waals surface area contributed by atoms with Crippen molar-refractivity contribution in [1.29, 1.82) is 0 Å². The summed E-state index contributed by atoms with van der Waals surface area (Å²) < 4.78 is 21.6. The van der Waals surface area contributed by atoms with Crippen LogP contribution in [0.3, 0.4) is 0 Å². The zero-order chi connectivity index (χ0) is 28.9. The molecule has 0 saturated heterocycles. The molecule has 0 saturated carbocycles. The van der Waals surface area contributed by atoms with Gasteiger partial charge in [0.25, 0.3) is 0 Å². The Morgan fingerprint density at radius 2 is 1.00 bits per heavy atom. The van der Waals surface area contributed by atoms with Gasteiger partial charge in [0.2, 0.25) is 0 Å². The SMILES string of the molecule is C=C(C)C(=O)Oc1cc2ccc(-c3ccc(OC(=O)C(=C)C)c(OC(=O)C(=C)C)c3)cc2cc1OC(=O)CC. The van der Waals surface area contributed by atoms with Crippen LogP contribution in [0.25, 0.3) is 21.9 Å². The second-order valence-electron chi connectivity index (χ2n) is 8.86. The lowest BCUT2D eigenvalue weighted by molar-refractivity contribution is -0.135. The summed E-state index contributed by atoms with van der Waals surface area (Å²) in [6.45, 7) is 16.9. The van der Waals surface area contributed by atoms with Crippen LogP contribution in [0, 0.1) is 0 Å². The standard InChI is InChI=1S/C31H28O8/c1-8-28(32)36-26-16-23-13-20(9-10-22(23)15-27(26)39-31(35)19(6)7)21-11-12-24(37-29(33)17(2)3)25(14-21)38-30(34)18(4)5/h9-16H,2,4,6,8H2,1,3,5,7H3. The zero-order valence-electron chi connectivity index (χ0n) is 22.2. The van der Waals surface area contributed by atoms with Crippen molar-refractivity contribution in [2.45, 2.75) is 34.1 Å². The van der Waals surface area contributed by atoms with Crippen LogP contribution in [0.4, 0.5) is 0 Å². The Morgan fingerprint density at radius 1 is 0.564 bits per heavy atom. The first-order chi connectivity index (χ1) is 18.4. The summed E-state index contributed by atoms with van der Waals surface area (Å²) in [6.07, 6.45) is 0.125. The van der Waals surface area contributed by atoms with Gasteiger partial charge >= 0.3 is 23.9 Å². The van der Waals surface area contributed by atoms with Crippen molar-refractivity contribution in [1.82, 2.24) is 0 Å². The van der Waals surface area contributed by atoms with Gasteiger partial charge in [0.05, 0.1) is 0 Å². The Morgan fingerprint density at radius 3 is 1.54 bits per heavy atom. The number of esters is 4. The topological polar surface area (TPSA) is 105 Å². The van der Waals surface area contributed by atoms with E-state index in [-0.39, 0.29) is 46.1 Å². The van der Waals surface area contributed by atoms with E-state index in [1.54, 1.807) is 37.3 Å². The largest absolute Gasteiger partial charge is 0.422 e. The summed E-state index contributed by atoms with van der Waals surface area (Å²) in [4.78, 5) is 48.5. The van der Waals surface area contributed by atoms with Gasteiger partial charge in [0.1, 0.15) is 0 Å². The molecule has 0 aromatic heterocycles.